The van der Waals surface area contributed by atoms with E-state index in [0.717, 1.165) is 24.3 Å². The van der Waals surface area contributed by atoms with Crippen molar-refractivity contribution in [1.29, 1.82) is 0 Å². The molecule has 0 radical (unpaired) electrons. The van der Waals surface area contributed by atoms with Crippen molar-refractivity contribution in [3.63, 3.8) is 0 Å². The van der Waals surface area contributed by atoms with Crippen molar-refractivity contribution in [2.75, 3.05) is 0 Å². The van der Waals surface area contributed by atoms with Crippen LogP contribution >= 0.6 is 0 Å². The second kappa shape index (κ2) is 5.88. The fraction of sp³-hybridized carbons (Fsp3) is 0.455. The first-order valence-electron chi connectivity index (χ1n) is 5.35. The highest BCUT2D eigenvalue weighted by molar-refractivity contribution is 5.28. The largest absolute Gasteiger partial charge is 0.573 e. The van der Waals surface area contributed by atoms with E-state index in [9.17, 15) is 31.4 Å². The standard InChI is InChI=1S/C11H11F6NO2/c12-10(13,14)9(18)5-8(19)6-1-3-7(4-2-6)20-11(15,16)17/h1-4,8-9,19H,5,18H2/t8-,9+/m0/s1. The van der Waals surface area contributed by atoms with Crippen LogP contribution in [-0.2, 0) is 0 Å². The smallest absolute Gasteiger partial charge is 0.406 e. The van der Waals surface area contributed by atoms with Crippen molar-refractivity contribution < 1.29 is 36.2 Å². The lowest BCUT2D eigenvalue weighted by atomic mass is 10.0. The zero-order valence-electron chi connectivity index (χ0n) is 9.87. The Labute approximate surface area is 109 Å². The summed E-state index contributed by atoms with van der Waals surface area (Å²) in [6.45, 7) is 0. The maximum absolute atomic E-state index is 12.2. The Hall–Kier alpha value is -1.48. The summed E-state index contributed by atoms with van der Waals surface area (Å²) in [5.41, 5.74) is 4.86. The average molecular weight is 303 g/mol. The Bertz CT molecular complexity index is 428. The van der Waals surface area contributed by atoms with Gasteiger partial charge in [-0.3, -0.25) is 0 Å². The average Bonchev–Trinajstić information content (AvgIpc) is 2.26. The Kier molecular flexibility index (Phi) is 4.87. The lowest BCUT2D eigenvalue weighted by Gasteiger charge is -2.19. The highest BCUT2D eigenvalue weighted by atomic mass is 19.4. The van der Waals surface area contributed by atoms with Gasteiger partial charge in [0, 0.05) is 6.42 Å². The van der Waals surface area contributed by atoms with Crippen LogP contribution in [0.2, 0.25) is 0 Å². The summed E-state index contributed by atoms with van der Waals surface area (Å²) in [5, 5.41) is 9.53. The number of aliphatic hydroxyl groups excluding tert-OH is 1. The fourth-order valence-electron chi connectivity index (χ4n) is 1.40. The number of halogens is 6. The molecule has 0 unspecified atom stereocenters. The summed E-state index contributed by atoms with van der Waals surface area (Å²) in [4.78, 5) is 0. The third-order valence-electron chi connectivity index (χ3n) is 2.40. The molecular weight excluding hydrogens is 292 g/mol. The molecule has 1 aromatic carbocycles. The summed E-state index contributed by atoms with van der Waals surface area (Å²) >= 11 is 0. The summed E-state index contributed by atoms with van der Waals surface area (Å²) in [6.07, 6.45) is -11.8. The number of hydrogen-bond acceptors (Lipinski definition) is 3. The lowest BCUT2D eigenvalue weighted by Crippen LogP contribution is -2.38. The molecule has 0 fully saturated rings. The molecular formula is C11H11F6NO2. The van der Waals surface area contributed by atoms with Gasteiger partial charge in [0.15, 0.2) is 0 Å². The topological polar surface area (TPSA) is 55.5 Å². The quantitative estimate of drug-likeness (QED) is 0.841. The molecule has 0 aliphatic heterocycles. The van der Waals surface area contributed by atoms with E-state index >= 15 is 0 Å². The number of nitrogens with two attached hydrogens (primary N) is 1. The van der Waals surface area contributed by atoms with Crippen LogP contribution in [0.4, 0.5) is 26.3 Å². The van der Waals surface area contributed by atoms with E-state index in [2.05, 4.69) is 4.74 Å². The first kappa shape index (κ1) is 16.6. The first-order valence-corrected chi connectivity index (χ1v) is 5.35. The predicted molar refractivity (Wildman–Crippen MR) is 56.7 cm³/mol. The number of rotatable bonds is 4. The predicted octanol–water partition coefficient (Wildman–Crippen LogP) is 2.90. The van der Waals surface area contributed by atoms with Gasteiger partial charge in [0.05, 0.1) is 6.10 Å². The lowest BCUT2D eigenvalue weighted by molar-refractivity contribution is -0.274. The highest BCUT2D eigenvalue weighted by Crippen LogP contribution is 2.29. The van der Waals surface area contributed by atoms with Crippen LogP contribution in [0.1, 0.15) is 18.1 Å². The van der Waals surface area contributed by atoms with Crippen LogP contribution in [-0.4, -0.2) is 23.7 Å². The van der Waals surface area contributed by atoms with Crippen LogP contribution in [0, 0.1) is 0 Å². The minimum Gasteiger partial charge on any atom is -0.406 e. The Balaban J connectivity index is 2.69. The fourth-order valence-corrected chi connectivity index (χ4v) is 1.40. The van der Waals surface area contributed by atoms with Gasteiger partial charge in [0.2, 0.25) is 0 Å². The SMILES string of the molecule is N[C@H](C[C@H](O)c1ccc(OC(F)(F)F)cc1)C(F)(F)F. The van der Waals surface area contributed by atoms with E-state index < -0.39 is 36.9 Å². The normalized spacial score (nSPS) is 15.8. The summed E-state index contributed by atoms with van der Waals surface area (Å²) < 4.78 is 75.8. The first-order chi connectivity index (χ1) is 8.99. The van der Waals surface area contributed by atoms with Crippen molar-refractivity contribution >= 4 is 0 Å². The third-order valence-corrected chi connectivity index (χ3v) is 2.40. The van der Waals surface area contributed by atoms with Crippen LogP contribution < -0.4 is 10.5 Å². The summed E-state index contributed by atoms with van der Waals surface area (Å²) in [7, 11) is 0. The molecule has 2 atom stereocenters. The summed E-state index contributed by atoms with van der Waals surface area (Å²) in [5.74, 6) is -0.534. The number of alkyl halides is 6. The van der Waals surface area contributed by atoms with Crippen molar-refractivity contribution in [3.8, 4) is 5.75 Å². The van der Waals surface area contributed by atoms with Crippen molar-refractivity contribution in [2.24, 2.45) is 5.73 Å². The van der Waals surface area contributed by atoms with Crippen LogP contribution in [0.15, 0.2) is 24.3 Å². The van der Waals surface area contributed by atoms with Gasteiger partial charge in [-0.2, -0.15) is 13.2 Å². The highest BCUT2D eigenvalue weighted by Gasteiger charge is 2.38. The molecule has 3 nitrogen and oxygen atoms in total. The summed E-state index contributed by atoms with van der Waals surface area (Å²) in [6, 6.07) is 1.64. The van der Waals surface area contributed by atoms with E-state index in [4.69, 9.17) is 5.73 Å². The third kappa shape index (κ3) is 5.25. The van der Waals surface area contributed by atoms with Gasteiger partial charge in [-0.1, -0.05) is 12.1 Å². The molecule has 1 aromatic rings. The molecule has 0 aliphatic carbocycles. The molecule has 0 amide bonds. The van der Waals surface area contributed by atoms with Crippen molar-refractivity contribution in [2.45, 2.75) is 31.1 Å². The Morgan fingerprint density at radius 3 is 1.95 bits per heavy atom. The van der Waals surface area contributed by atoms with Crippen molar-refractivity contribution in [1.82, 2.24) is 0 Å². The monoisotopic (exact) mass is 303 g/mol. The molecule has 1 rings (SSSR count). The van der Waals surface area contributed by atoms with Crippen LogP contribution in [0.3, 0.4) is 0 Å². The maximum Gasteiger partial charge on any atom is 0.573 e. The van der Waals surface area contributed by atoms with E-state index in [-0.39, 0.29) is 5.56 Å². The second-order valence-electron chi connectivity index (χ2n) is 4.02. The maximum atomic E-state index is 12.2. The van der Waals surface area contributed by atoms with Gasteiger partial charge in [-0.05, 0) is 17.7 Å². The Morgan fingerprint density at radius 2 is 1.55 bits per heavy atom. The molecule has 9 heteroatoms. The minimum absolute atomic E-state index is 0.0132. The Morgan fingerprint density at radius 1 is 1.05 bits per heavy atom. The molecule has 114 valence electrons. The van der Waals surface area contributed by atoms with E-state index in [1.807, 2.05) is 0 Å². The zero-order chi connectivity index (χ0) is 15.6. The van der Waals surface area contributed by atoms with E-state index in [1.165, 1.54) is 0 Å². The van der Waals surface area contributed by atoms with Crippen LogP contribution in [0.25, 0.3) is 0 Å². The zero-order valence-corrected chi connectivity index (χ0v) is 9.87. The molecule has 0 bridgehead atoms. The van der Waals surface area contributed by atoms with Gasteiger partial charge >= 0.3 is 12.5 Å². The van der Waals surface area contributed by atoms with Gasteiger partial charge < -0.3 is 15.6 Å². The molecule has 20 heavy (non-hydrogen) atoms. The molecule has 0 heterocycles. The number of benzene rings is 1. The van der Waals surface area contributed by atoms with Crippen LogP contribution in [0.5, 0.6) is 5.75 Å². The van der Waals surface area contributed by atoms with E-state index in [1.54, 1.807) is 0 Å². The molecule has 0 aromatic heterocycles. The minimum atomic E-state index is -4.86. The number of ether oxygens (including phenoxy) is 1. The molecule has 0 spiro atoms. The van der Waals surface area contributed by atoms with Gasteiger partial charge in [0.25, 0.3) is 0 Å². The molecule has 0 saturated carbocycles. The van der Waals surface area contributed by atoms with Gasteiger partial charge in [0.1, 0.15) is 11.8 Å². The molecule has 3 N–H and O–H groups in total. The number of aliphatic hydroxyl groups is 1. The van der Waals surface area contributed by atoms with Gasteiger partial charge in [-0.25, -0.2) is 0 Å². The molecule has 0 saturated heterocycles. The van der Waals surface area contributed by atoms with Crippen molar-refractivity contribution in [3.05, 3.63) is 29.8 Å². The molecule has 0 aliphatic rings. The second-order valence-corrected chi connectivity index (χ2v) is 4.02. The van der Waals surface area contributed by atoms with E-state index in [0.29, 0.717) is 0 Å². The number of hydrogen-bond donors (Lipinski definition) is 2. The van der Waals surface area contributed by atoms with Gasteiger partial charge in [-0.15, -0.1) is 13.2 Å².